The Kier molecular flexibility index (Phi) is 7.15. The quantitative estimate of drug-likeness (QED) is 0.417. The first-order valence-electron chi connectivity index (χ1n) is 9.12. The molecule has 1 aromatic carbocycles. The Bertz CT molecular complexity index is 1080. The number of ether oxygens (including phenoxy) is 3. The molecule has 30 heavy (non-hydrogen) atoms. The van der Waals surface area contributed by atoms with Crippen molar-refractivity contribution < 1.29 is 22.6 Å². The van der Waals surface area contributed by atoms with Crippen LogP contribution in [0.2, 0.25) is 0 Å². The molecule has 0 aliphatic heterocycles. The van der Waals surface area contributed by atoms with E-state index in [-0.39, 0.29) is 17.2 Å². The van der Waals surface area contributed by atoms with E-state index in [1.54, 1.807) is 49.1 Å². The van der Waals surface area contributed by atoms with E-state index in [2.05, 4.69) is 25.3 Å². The molecule has 11 nitrogen and oxygen atoms in total. The lowest BCUT2D eigenvalue weighted by Gasteiger charge is -2.14. The van der Waals surface area contributed by atoms with E-state index in [9.17, 15) is 8.42 Å². The number of para-hydroxylation sites is 1. The number of benzene rings is 1. The molecule has 12 heteroatoms. The van der Waals surface area contributed by atoms with Gasteiger partial charge in [-0.15, -0.1) is 15.3 Å². The molecule has 0 atom stereocenters. The van der Waals surface area contributed by atoms with Gasteiger partial charge in [-0.05, 0) is 24.3 Å². The van der Waals surface area contributed by atoms with Gasteiger partial charge in [0.25, 0.3) is 0 Å². The first-order valence-corrected chi connectivity index (χ1v) is 10.6. The van der Waals surface area contributed by atoms with Crippen LogP contribution in [-0.2, 0) is 25.9 Å². The minimum atomic E-state index is -3.73. The smallest absolute Gasteiger partial charge is 0.244 e. The third kappa shape index (κ3) is 5.02. The standard InChI is InChI=1S/C18H24N6O5S/c1-27-13-6-4-5-7-14(13)30(25,26)20-11-10-17-22-21-16-9-8-15(23-24(16)17)19-12-18(28-2)29-3/h4-9,18,20H,10-12H2,1-3H3,(H,19,23). The lowest BCUT2D eigenvalue weighted by atomic mass is 10.3. The van der Waals surface area contributed by atoms with E-state index in [0.29, 0.717) is 30.3 Å². The highest BCUT2D eigenvalue weighted by Crippen LogP contribution is 2.22. The van der Waals surface area contributed by atoms with E-state index >= 15 is 0 Å². The van der Waals surface area contributed by atoms with Gasteiger partial charge < -0.3 is 19.5 Å². The first kappa shape index (κ1) is 21.9. The molecule has 3 aromatic rings. The summed E-state index contributed by atoms with van der Waals surface area (Å²) in [5.74, 6) is 1.38. The molecule has 0 saturated heterocycles. The van der Waals surface area contributed by atoms with E-state index in [1.807, 2.05) is 0 Å². The highest BCUT2D eigenvalue weighted by Gasteiger charge is 2.19. The molecule has 0 amide bonds. The lowest BCUT2D eigenvalue weighted by Crippen LogP contribution is -2.27. The second-order valence-corrected chi connectivity index (χ2v) is 7.92. The van der Waals surface area contributed by atoms with Crippen LogP contribution >= 0.6 is 0 Å². The maximum absolute atomic E-state index is 12.6. The molecule has 0 saturated carbocycles. The normalized spacial score (nSPS) is 11.9. The summed E-state index contributed by atoms with van der Waals surface area (Å²) in [7, 11) is 0.795. The highest BCUT2D eigenvalue weighted by atomic mass is 32.2. The Morgan fingerprint density at radius 1 is 1.07 bits per heavy atom. The Hall–Kier alpha value is -2.80. The zero-order valence-corrected chi connectivity index (χ0v) is 17.7. The number of fused-ring (bicyclic) bond motifs is 1. The van der Waals surface area contributed by atoms with Crippen molar-refractivity contribution in [1.82, 2.24) is 24.5 Å². The van der Waals surface area contributed by atoms with Crippen molar-refractivity contribution in [3.8, 4) is 5.75 Å². The Morgan fingerprint density at radius 2 is 1.83 bits per heavy atom. The average Bonchev–Trinajstić information content (AvgIpc) is 3.16. The summed E-state index contributed by atoms with van der Waals surface area (Å²) in [6.07, 6.45) is -0.114. The minimum absolute atomic E-state index is 0.0778. The van der Waals surface area contributed by atoms with Crippen LogP contribution in [0.5, 0.6) is 5.75 Å². The number of sulfonamides is 1. The maximum atomic E-state index is 12.6. The molecule has 0 radical (unpaired) electrons. The molecule has 2 heterocycles. The van der Waals surface area contributed by atoms with Crippen LogP contribution in [0, 0.1) is 0 Å². The molecular weight excluding hydrogens is 412 g/mol. The van der Waals surface area contributed by atoms with Gasteiger partial charge in [-0.25, -0.2) is 13.1 Å². The monoisotopic (exact) mass is 436 g/mol. The van der Waals surface area contributed by atoms with Crippen LogP contribution in [0.4, 0.5) is 5.82 Å². The number of rotatable bonds is 11. The summed E-state index contributed by atoms with van der Waals surface area (Å²) in [5, 5.41) is 15.7. The summed E-state index contributed by atoms with van der Waals surface area (Å²) in [5.41, 5.74) is 0.554. The Morgan fingerprint density at radius 3 is 2.57 bits per heavy atom. The molecule has 2 aromatic heterocycles. The lowest BCUT2D eigenvalue weighted by molar-refractivity contribution is -0.0914. The molecule has 2 N–H and O–H groups in total. The first-order chi connectivity index (χ1) is 14.5. The van der Waals surface area contributed by atoms with Crippen molar-refractivity contribution in [3.05, 3.63) is 42.2 Å². The number of anilines is 1. The fourth-order valence-electron chi connectivity index (χ4n) is 2.75. The highest BCUT2D eigenvalue weighted by molar-refractivity contribution is 7.89. The third-order valence-corrected chi connectivity index (χ3v) is 5.80. The van der Waals surface area contributed by atoms with Crippen LogP contribution in [0.3, 0.4) is 0 Å². The molecule has 0 fully saturated rings. The zero-order valence-electron chi connectivity index (χ0n) is 16.9. The molecule has 3 rings (SSSR count). The zero-order chi connectivity index (χ0) is 21.6. The predicted octanol–water partition coefficient (Wildman–Crippen LogP) is 0.685. The number of aromatic nitrogens is 4. The van der Waals surface area contributed by atoms with E-state index in [0.717, 1.165) is 0 Å². The number of hydrogen-bond acceptors (Lipinski definition) is 9. The van der Waals surface area contributed by atoms with Gasteiger partial charge in [0.2, 0.25) is 10.0 Å². The Labute approximate surface area is 174 Å². The van der Waals surface area contributed by atoms with Gasteiger partial charge in [0, 0.05) is 27.2 Å². The molecule has 0 bridgehead atoms. The van der Waals surface area contributed by atoms with E-state index in [4.69, 9.17) is 14.2 Å². The number of hydrogen-bond donors (Lipinski definition) is 2. The van der Waals surface area contributed by atoms with Gasteiger partial charge in [0.15, 0.2) is 17.8 Å². The van der Waals surface area contributed by atoms with Crippen molar-refractivity contribution in [1.29, 1.82) is 0 Å². The number of nitrogens with zero attached hydrogens (tertiary/aromatic N) is 4. The fourth-order valence-corrected chi connectivity index (χ4v) is 3.95. The Balaban J connectivity index is 1.68. The second kappa shape index (κ2) is 9.80. The molecular formula is C18H24N6O5S. The van der Waals surface area contributed by atoms with Crippen molar-refractivity contribution in [2.45, 2.75) is 17.6 Å². The topological polar surface area (TPSA) is 129 Å². The van der Waals surface area contributed by atoms with Crippen molar-refractivity contribution in [2.24, 2.45) is 0 Å². The van der Waals surface area contributed by atoms with Gasteiger partial charge in [-0.2, -0.15) is 4.52 Å². The summed E-state index contributed by atoms with van der Waals surface area (Å²) in [4.78, 5) is 0.0778. The van der Waals surface area contributed by atoms with Crippen LogP contribution in [-0.4, -0.2) is 68.9 Å². The maximum Gasteiger partial charge on any atom is 0.244 e. The number of methoxy groups -OCH3 is 3. The molecule has 0 aliphatic rings. The summed E-state index contributed by atoms with van der Waals surface area (Å²) in [6, 6.07) is 9.95. The molecule has 0 unspecified atom stereocenters. The summed E-state index contributed by atoms with van der Waals surface area (Å²) >= 11 is 0. The fraction of sp³-hybridized carbons (Fsp3) is 0.389. The third-order valence-electron chi connectivity index (χ3n) is 4.30. The van der Waals surface area contributed by atoms with E-state index < -0.39 is 16.3 Å². The minimum Gasteiger partial charge on any atom is -0.495 e. The van der Waals surface area contributed by atoms with Crippen LogP contribution in [0.1, 0.15) is 5.82 Å². The van der Waals surface area contributed by atoms with Gasteiger partial charge in [0.1, 0.15) is 16.5 Å². The van der Waals surface area contributed by atoms with E-state index in [1.165, 1.54) is 13.2 Å². The SMILES string of the molecule is COc1ccccc1S(=O)(=O)NCCc1nnc2ccc(NCC(OC)OC)nn12. The van der Waals surface area contributed by atoms with Gasteiger partial charge in [-0.3, -0.25) is 0 Å². The predicted molar refractivity (Wildman–Crippen MR) is 109 cm³/mol. The largest absolute Gasteiger partial charge is 0.495 e. The van der Waals surface area contributed by atoms with Crippen molar-refractivity contribution in [2.75, 3.05) is 39.7 Å². The number of nitrogens with one attached hydrogen (secondary N) is 2. The average molecular weight is 436 g/mol. The molecule has 0 aliphatic carbocycles. The summed E-state index contributed by atoms with van der Waals surface area (Å²) < 4.78 is 44.7. The molecule has 0 spiro atoms. The van der Waals surface area contributed by atoms with Crippen LogP contribution < -0.4 is 14.8 Å². The van der Waals surface area contributed by atoms with Gasteiger partial charge in [-0.1, -0.05) is 12.1 Å². The van der Waals surface area contributed by atoms with Crippen molar-refractivity contribution in [3.63, 3.8) is 0 Å². The van der Waals surface area contributed by atoms with Crippen LogP contribution in [0.25, 0.3) is 5.65 Å². The van der Waals surface area contributed by atoms with Crippen LogP contribution in [0.15, 0.2) is 41.3 Å². The summed E-state index contributed by atoms with van der Waals surface area (Å²) in [6.45, 7) is 0.525. The van der Waals surface area contributed by atoms with Gasteiger partial charge in [0.05, 0.1) is 13.7 Å². The van der Waals surface area contributed by atoms with Crippen molar-refractivity contribution >= 4 is 21.5 Å². The molecule has 162 valence electrons. The van der Waals surface area contributed by atoms with Gasteiger partial charge >= 0.3 is 0 Å². The second-order valence-electron chi connectivity index (χ2n) is 6.19.